The zero-order valence-corrected chi connectivity index (χ0v) is 13.7. The minimum Gasteiger partial charge on any atom is -0.544 e. The molecule has 1 aromatic carbocycles. The van der Waals surface area contributed by atoms with Gasteiger partial charge in [-0.15, -0.1) is 11.3 Å². The topological polar surface area (TPSA) is 82.1 Å². The highest BCUT2D eigenvalue weighted by Gasteiger charge is 2.21. The Morgan fingerprint density at radius 2 is 1.95 bits per heavy atom. The summed E-state index contributed by atoms with van der Waals surface area (Å²) in [7, 11) is 0. The molecule has 0 saturated carbocycles. The van der Waals surface area contributed by atoms with E-state index in [9.17, 15) is 14.7 Å². The fourth-order valence-electron chi connectivity index (χ4n) is 2.02. The van der Waals surface area contributed by atoms with Gasteiger partial charge >= 0.3 is 0 Å². The summed E-state index contributed by atoms with van der Waals surface area (Å²) in [6, 6.07) is 5.82. The molecular weight excluding hydrogens is 300 g/mol. The van der Waals surface area contributed by atoms with E-state index in [1.807, 2.05) is 32.0 Å². The number of amides is 1. The van der Waals surface area contributed by atoms with Gasteiger partial charge in [0.1, 0.15) is 5.01 Å². The molecule has 1 heterocycles. The Morgan fingerprint density at radius 1 is 1.27 bits per heavy atom. The number of aromatic nitrogens is 1. The summed E-state index contributed by atoms with van der Waals surface area (Å²) in [5.41, 5.74) is 3.16. The van der Waals surface area contributed by atoms with E-state index in [1.165, 1.54) is 0 Å². The molecule has 0 aliphatic rings. The number of anilines is 1. The highest BCUT2D eigenvalue weighted by molar-refractivity contribution is 7.13. The second kappa shape index (κ2) is 6.27. The van der Waals surface area contributed by atoms with Crippen LogP contribution in [0.2, 0.25) is 0 Å². The molecule has 2 aromatic rings. The van der Waals surface area contributed by atoms with Crippen molar-refractivity contribution < 1.29 is 14.7 Å². The second-order valence-electron chi connectivity index (χ2n) is 5.28. The summed E-state index contributed by atoms with van der Waals surface area (Å²) in [4.78, 5) is 27.6. The molecule has 0 aliphatic heterocycles. The van der Waals surface area contributed by atoms with Crippen LogP contribution in [-0.4, -0.2) is 16.9 Å². The smallest absolute Gasteiger partial charge is 0.234 e. The Labute approximate surface area is 133 Å². The number of hydrogen-bond donors (Lipinski definition) is 1. The first-order valence-corrected chi connectivity index (χ1v) is 7.68. The molecule has 0 spiro atoms. The van der Waals surface area contributed by atoms with E-state index < -0.39 is 11.9 Å². The van der Waals surface area contributed by atoms with Crippen LogP contribution in [0.3, 0.4) is 0 Å². The SMILES string of the molecule is Cc1ccc(C)c(NC(=O)[C@H](C)c2nc(C)c(C(=O)[O-])s2)c1. The Morgan fingerprint density at radius 3 is 2.55 bits per heavy atom. The lowest BCUT2D eigenvalue weighted by Gasteiger charge is -2.12. The third-order valence-electron chi connectivity index (χ3n) is 3.41. The number of aryl methyl sites for hydroxylation is 3. The van der Waals surface area contributed by atoms with Crippen LogP contribution >= 0.6 is 11.3 Å². The maximum Gasteiger partial charge on any atom is 0.234 e. The van der Waals surface area contributed by atoms with Gasteiger partial charge in [-0.25, -0.2) is 4.98 Å². The number of carbonyl (C=O) groups excluding carboxylic acids is 2. The van der Waals surface area contributed by atoms with Crippen molar-refractivity contribution in [1.82, 2.24) is 4.98 Å². The van der Waals surface area contributed by atoms with Gasteiger partial charge in [-0.2, -0.15) is 0 Å². The van der Waals surface area contributed by atoms with Crippen LogP contribution in [0.1, 0.15) is 44.3 Å². The number of nitrogens with zero attached hydrogens (tertiary/aromatic N) is 1. The van der Waals surface area contributed by atoms with Gasteiger partial charge in [0.05, 0.1) is 22.5 Å². The van der Waals surface area contributed by atoms with Gasteiger partial charge < -0.3 is 15.2 Å². The monoisotopic (exact) mass is 317 g/mol. The number of nitrogens with one attached hydrogen (secondary N) is 1. The maximum absolute atomic E-state index is 12.4. The normalized spacial score (nSPS) is 12.0. The van der Waals surface area contributed by atoms with Crippen LogP contribution in [0.25, 0.3) is 0 Å². The molecule has 0 unspecified atom stereocenters. The van der Waals surface area contributed by atoms with E-state index in [1.54, 1.807) is 13.8 Å². The molecule has 116 valence electrons. The molecule has 0 bridgehead atoms. The van der Waals surface area contributed by atoms with Crippen molar-refractivity contribution in [2.45, 2.75) is 33.6 Å². The summed E-state index contributed by atoms with van der Waals surface area (Å²) in [6.45, 7) is 7.18. The van der Waals surface area contributed by atoms with Crippen molar-refractivity contribution in [3.63, 3.8) is 0 Å². The zero-order chi connectivity index (χ0) is 16.4. The van der Waals surface area contributed by atoms with E-state index in [4.69, 9.17) is 0 Å². The fraction of sp³-hybridized carbons (Fsp3) is 0.312. The summed E-state index contributed by atoms with van der Waals surface area (Å²) in [5, 5.41) is 14.3. The van der Waals surface area contributed by atoms with Crippen LogP contribution in [0.4, 0.5) is 5.69 Å². The zero-order valence-electron chi connectivity index (χ0n) is 12.9. The second-order valence-corrected chi connectivity index (χ2v) is 6.31. The average Bonchev–Trinajstić information content (AvgIpc) is 2.84. The lowest BCUT2D eigenvalue weighted by atomic mass is 10.1. The molecule has 0 saturated heterocycles. The number of hydrogen-bond acceptors (Lipinski definition) is 5. The first kappa shape index (κ1) is 16.2. The number of carbonyl (C=O) groups is 2. The Bertz CT molecular complexity index is 737. The number of carboxylic acid groups (broad SMARTS) is 1. The van der Waals surface area contributed by atoms with E-state index in [0.29, 0.717) is 10.7 Å². The van der Waals surface area contributed by atoms with Crippen molar-refractivity contribution in [1.29, 1.82) is 0 Å². The van der Waals surface area contributed by atoms with Crippen molar-refractivity contribution >= 4 is 28.9 Å². The molecule has 1 aromatic heterocycles. The Hall–Kier alpha value is -2.21. The summed E-state index contributed by atoms with van der Waals surface area (Å²) >= 11 is 0.988. The minimum absolute atomic E-state index is 0.0707. The summed E-state index contributed by atoms with van der Waals surface area (Å²) < 4.78 is 0. The fourth-order valence-corrected chi connectivity index (χ4v) is 2.97. The van der Waals surface area contributed by atoms with Gasteiger partial charge in [-0.3, -0.25) is 4.79 Å². The predicted octanol–water partition coefficient (Wildman–Crippen LogP) is 2.17. The van der Waals surface area contributed by atoms with Gasteiger partial charge in [-0.1, -0.05) is 12.1 Å². The standard InChI is InChI=1S/C16H18N2O3S/c1-8-5-6-9(2)12(7-8)18-14(19)10(3)15-17-11(4)13(22-15)16(20)21/h5-7,10H,1-4H3,(H,18,19)(H,20,21)/p-1/t10-/m0/s1. The van der Waals surface area contributed by atoms with Gasteiger partial charge in [0.15, 0.2) is 0 Å². The van der Waals surface area contributed by atoms with E-state index in [2.05, 4.69) is 10.3 Å². The highest BCUT2D eigenvalue weighted by atomic mass is 32.1. The molecule has 1 N–H and O–H groups in total. The Kier molecular flexibility index (Phi) is 4.61. The third kappa shape index (κ3) is 3.33. The van der Waals surface area contributed by atoms with Crippen LogP contribution < -0.4 is 10.4 Å². The number of carboxylic acids is 1. The molecular formula is C16H17N2O3S-. The third-order valence-corrected chi connectivity index (χ3v) is 4.73. The van der Waals surface area contributed by atoms with Gasteiger partial charge in [0.25, 0.3) is 0 Å². The quantitative estimate of drug-likeness (QED) is 0.937. The maximum atomic E-state index is 12.4. The van der Waals surface area contributed by atoms with E-state index in [-0.39, 0.29) is 10.8 Å². The minimum atomic E-state index is -1.26. The van der Waals surface area contributed by atoms with Crippen molar-refractivity contribution in [3.8, 4) is 0 Å². The first-order chi connectivity index (χ1) is 10.3. The number of benzene rings is 1. The van der Waals surface area contributed by atoms with E-state index >= 15 is 0 Å². The lowest BCUT2D eigenvalue weighted by Crippen LogP contribution is -2.21. The van der Waals surface area contributed by atoms with Crippen LogP contribution in [0.15, 0.2) is 18.2 Å². The molecule has 2 rings (SSSR count). The number of thiazole rings is 1. The average molecular weight is 317 g/mol. The summed E-state index contributed by atoms with van der Waals surface area (Å²) in [6.07, 6.45) is 0. The van der Waals surface area contributed by atoms with E-state index in [0.717, 1.165) is 28.2 Å². The number of rotatable bonds is 4. The van der Waals surface area contributed by atoms with Crippen molar-refractivity contribution in [2.75, 3.05) is 5.32 Å². The number of aromatic carboxylic acids is 1. The molecule has 0 aliphatic carbocycles. The largest absolute Gasteiger partial charge is 0.544 e. The van der Waals surface area contributed by atoms with Crippen LogP contribution in [-0.2, 0) is 4.79 Å². The first-order valence-electron chi connectivity index (χ1n) is 6.86. The molecule has 1 amide bonds. The molecule has 5 nitrogen and oxygen atoms in total. The van der Waals surface area contributed by atoms with Gasteiger partial charge in [-0.05, 0) is 44.9 Å². The van der Waals surface area contributed by atoms with Crippen molar-refractivity contribution in [2.24, 2.45) is 0 Å². The summed E-state index contributed by atoms with van der Waals surface area (Å²) in [5.74, 6) is -2.01. The van der Waals surface area contributed by atoms with Crippen LogP contribution in [0, 0.1) is 20.8 Å². The highest BCUT2D eigenvalue weighted by Crippen LogP contribution is 2.26. The van der Waals surface area contributed by atoms with Gasteiger partial charge in [0, 0.05) is 5.69 Å². The Balaban J connectivity index is 2.20. The molecule has 1 atom stereocenters. The van der Waals surface area contributed by atoms with Crippen LogP contribution in [0.5, 0.6) is 0 Å². The lowest BCUT2D eigenvalue weighted by molar-refractivity contribution is -0.254. The molecule has 0 fully saturated rings. The van der Waals surface area contributed by atoms with Crippen molar-refractivity contribution in [3.05, 3.63) is 44.9 Å². The van der Waals surface area contributed by atoms with Gasteiger partial charge in [0.2, 0.25) is 5.91 Å². The molecule has 22 heavy (non-hydrogen) atoms. The predicted molar refractivity (Wildman–Crippen MR) is 84.1 cm³/mol. The molecule has 0 radical (unpaired) electrons. The molecule has 6 heteroatoms.